The minimum Gasteiger partial charge on any atom is -0.381 e. The van der Waals surface area contributed by atoms with E-state index in [1.165, 1.54) is 12.1 Å². The van der Waals surface area contributed by atoms with Gasteiger partial charge in [-0.3, -0.25) is 0 Å². The van der Waals surface area contributed by atoms with Crippen molar-refractivity contribution in [2.75, 3.05) is 5.32 Å². The van der Waals surface area contributed by atoms with Gasteiger partial charge in [0.05, 0.1) is 5.56 Å². The maximum absolute atomic E-state index is 13.2. The molecule has 0 fully saturated rings. The largest absolute Gasteiger partial charge is 0.381 e. The van der Waals surface area contributed by atoms with Gasteiger partial charge in [0.2, 0.25) is 0 Å². The topological polar surface area (TPSA) is 35.8 Å². The molecule has 2 aromatic carbocycles. The fourth-order valence-electron chi connectivity index (χ4n) is 1.64. The quantitative estimate of drug-likeness (QED) is 0.897. The molecule has 0 aliphatic heterocycles. The zero-order valence-corrected chi connectivity index (χ0v) is 11.3. The van der Waals surface area contributed by atoms with Crippen LogP contribution in [-0.2, 0) is 6.54 Å². The Hall–Kier alpha value is -1.76. The lowest BCUT2D eigenvalue weighted by Gasteiger charge is -2.08. The first-order chi connectivity index (χ1) is 9.08. The lowest BCUT2D eigenvalue weighted by Crippen LogP contribution is -2.00. The highest BCUT2D eigenvalue weighted by atomic mass is 35.5. The molecule has 0 aliphatic carbocycles. The van der Waals surface area contributed by atoms with E-state index in [0.717, 1.165) is 5.56 Å². The van der Waals surface area contributed by atoms with E-state index in [4.69, 9.17) is 28.5 Å². The molecule has 0 atom stereocenters. The number of benzene rings is 2. The summed E-state index contributed by atoms with van der Waals surface area (Å²) in [7, 11) is 0. The molecule has 19 heavy (non-hydrogen) atoms. The number of halogens is 3. The summed E-state index contributed by atoms with van der Waals surface area (Å²) in [6.45, 7) is 0.483. The van der Waals surface area contributed by atoms with Crippen molar-refractivity contribution in [2.45, 2.75) is 6.54 Å². The second-order valence-corrected chi connectivity index (χ2v) is 4.81. The maximum atomic E-state index is 13.2. The number of rotatable bonds is 3. The number of nitrogens with zero attached hydrogens (tertiary/aromatic N) is 1. The standard InChI is InChI=1S/C14H9Cl2FN2/c15-11-3-9(4-12(16)6-11)8-19-13-1-2-14(17)10(5-13)7-18/h1-6,19H,8H2. The molecule has 0 spiro atoms. The van der Waals surface area contributed by atoms with Crippen LogP contribution in [0.3, 0.4) is 0 Å². The van der Waals surface area contributed by atoms with Crippen LogP contribution in [0.5, 0.6) is 0 Å². The van der Waals surface area contributed by atoms with E-state index in [1.54, 1.807) is 30.3 Å². The van der Waals surface area contributed by atoms with Crippen LogP contribution in [-0.4, -0.2) is 0 Å². The molecule has 1 N–H and O–H groups in total. The summed E-state index contributed by atoms with van der Waals surface area (Å²) in [6, 6.07) is 11.3. The summed E-state index contributed by atoms with van der Waals surface area (Å²) in [5, 5.41) is 12.9. The van der Waals surface area contributed by atoms with Crippen LogP contribution in [0.25, 0.3) is 0 Å². The zero-order chi connectivity index (χ0) is 13.8. The third-order valence-corrected chi connectivity index (χ3v) is 2.94. The van der Waals surface area contributed by atoms with E-state index in [1.807, 2.05) is 0 Å². The van der Waals surface area contributed by atoms with E-state index in [0.29, 0.717) is 22.3 Å². The first-order valence-electron chi connectivity index (χ1n) is 5.47. The molecule has 0 unspecified atom stereocenters. The van der Waals surface area contributed by atoms with Gasteiger partial charge in [-0.05, 0) is 42.0 Å². The Morgan fingerprint density at radius 1 is 1.11 bits per heavy atom. The molecule has 0 amide bonds. The highest BCUT2D eigenvalue weighted by molar-refractivity contribution is 6.34. The Kier molecular flexibility index (Phi) is 4.26. The number of nitriles is 1. The van der Waals surface area contributed by atoms with Crippen LogP contribution in [0.2, 0.25) is 10.0 Å². The summed E-state index contributed by atoms with van der Waals surface area (Å²) in [5.41, 5.74) is 1.57. The van der Waals surface area contributed by atoms with Crippen molar-refractivity contribution in [3.63, 3.8) is 0 Å². The van der Waals surface area contributed by atoms with Gasteiger partial charge in [0.15, 0.2) is 0 Å². The van der Waals surface area contributed by atoms with Crippen LogP contribution in [0.15, 0.2) is 36.4 Å². The number of hydrogen-bond donors (Lipinski definition) is 1. The van der Waals surface area contributed by atoms with Crippen LogP contribution < -0.4 is 5.32 Å². The van der Waals surface area contributed by atoms with Gasteiger partial charge < -0.3 is 5.32 Å². The SMILES string of the molecule is N#Cc1cc(NCc2cc(Cl)cc(Cl)c2)ccc1F. The minimum atomic E-state index is -0.529. The smallest absolute Gasteiger partial charge is 0.141 e. The minimum absolute atomic E-state index is 0.00845. The normalized spacial score (nSPS) is 10.0. The third-order valence-electron chi connectivity index (χ3n) is 2.51. The van der Waals surface area contributed by atoms with Crippen molar-refractivity contribution in [3.8, 4) is 6.07 Å². The Bertz CT molecular complexity index is 630. The number of hydrogen-bond acceptors (Lipinski definition) is 2. The monoisotopic (exact) mass is 294 g/mol. The average Bonchev–Trinajstić information content (AvgIpc) is 2.36. The van der Waals surface area contributed by atoms with Gasteiger partial charge in [-0.15, -0.1) is 0 Å². The predicted octanol–water partition coefficient (Wildman–Crippen LogP) is 4.62. The molecule has 2 aromatic rings. The molecule has 2 rings (SSSR count). The van der Waals surface area contributed by atoms with Gasteiger partial charge in [0.1, 0.15) is 11.9 Å². The van der Waals surface area contributed by atoms with Crippen molar-refractivity contribution in [1.82, 2.24) is 0 Å². The van der Waals surface area contributed by atoms with E-state index in [-0.39, 0.29) is 5.56 Å². The lowest BCUT2D eigenvalue weighted by molar-refractivity contribution is 0.624. The Labute approximate surface area is 120 Å². The van der Waals surface area contributed by atoms with Gasteiger partial charge in [0.25, 0.3) is 0 Å². The molecule has 0 radical (unpaired) electrons. The van der Waals surface area contributed by atoms with E-state index in [9.17, 15) is 4.39 Å². The Balaban J connectivity index is 2.12. The summed E-state index contributed by atoms with van der Waals surface area (Å²) < 4.78 is 13.2. The van der Waals surface area contributed by atoms with Gasteiger partial charge in [0, 0.05) is 22.3 Å². The predicted molar refractivity (Wildman–Crippen MR) is 74.9 cm³/mol. The zero-order valence-electron chi connectivity index (χ0n) is 9.75. The van der Waals surface area contributed by atoms with Gasteiger partial charge in [-0.1, -0.05) is 23.2 Å². The number of anilines is 1. The molecular formula is C14H9Cl2FN2. The Morgan fingerprint density at radius 3 is 2.42 bits per heavy atom. The summed E-state index contributed by atoms with van der Waals surface area (Å²) >= 11 is 11.8. The number of nitrogens with one attached hydrogen (secondary N) is 1. The second kappa shape index (κ2) is 5.92. The second-order valence-electron chi connectivity index (χ2n) is 3.94. The van der Waals surface area contributed by atoms with Gasteiger partial charge in [-0.2, -0.15) is 5.26 Å². The lowest BCUT2D eigenvalue weighted by atomic mass is 10.2. The van der Waals surface area contributed by atoms with Crippen molar-refractivity contribution < 1.29 is 4.39 Å². The molecule has 0 saturated carbocycles. The summed E-state index contributed by atoms with van der Waals surface area (Å²) in [4.78, 5) is 0. The molecule has 0 aromatic heterocycles. The van der Waals surface area contributed by atoms with Crippen LogP contribution >= 0.6 is 23.2 Å². The van der Waals surface area contributed by atoms with Gasteiger partial charge >= 0.3 is 0 Å². The first-order valence-corrected chi connectivity index (χ1v) is 6.22. The molecule has 5 heteroatoms. The highest BCUT2D eigenvalue weighted by Crippen LogP contribution is 2.20. The fourth-order valence-corrected chi connectivity index (χ4v) is 2.21. The molecule has 0 heterocycles. The maximum Gasteiger partial charge on any atom is 0.141 e. The average molecular weight is 295 g/mol. The van der Waals surface area contributed by atoms with Crippen molar-refractivity contribution in [1.29, 1.82) is 5.26 Å². The van der Waals surface area contributed by atoms with Crippen LogP contribution in [0.1, 0.15) is 11.1 Å². The van der Waals surface area contributed by atoms with Crippen molar-refractivity contribution >= 4 is 28.9 Å². The van der Waals surface area contributed by atoms with Crippen LogP contribution in [0.4, 0.5) is 10.1 Å². The van der Waals surface area contributed by atoms with E-state index >= 15 is 0 Å². The molecular weight excluding hydrogens is 286 g/mol. The highest BCUT2D eigenvalue weighted by Gasteiger charge is 2.03. The van der Waals surface area contributed by atoms with Gasteiger partial charge in [-0.25, -0.2) is 4.39 Å². The molecule has 0 saturated heterocycles. The van der Waals surface area contributed by atoms with E-state index < -0.39 is 5.82 Å². The Morgan fingerprint density at radius 2 is 1.79 bits per heavy atom. The first kappa shape index (κ1) is 13.7. The fraction of sp³-hybridized carbons (Fsp3) is 0.0714. The van der Waals surface area contributed by atoms with Crippen molar-refractivity contribution in [3.05, 3.63) is 63.4 Å². The van der Waals surface area contributed by atoms with E-state index in [2.05, 4.69) is 5.32 Å². The molecule has 96 valence electrons. The molecule has 0 bridgehead atoms. The van der Waals surface area contributed by atoms with Crippen molar-refractivity contribution in [2.24, 2.45) is 0 Å². The molecule has 0 aliphatic rings. The summed E-state index contributed by atoms with van der Waals surface area (Å²) in [6.07, 6.45) is 0. The third kappa shape index (κ3) is 3.60. The molecule has 2 nitrogen and oxygen atoms in total. The summed E-state index contributed by atoms with van der Waals surface area (Å²) in [5.74, 6) is -0.529. The van der Waals surface area contributed by atoms with Crippen LogP contribution in [0, 0.1) is 17.1 Å².